The van der Waals surface area contributed by atoms with Crippen molar-refractivity contribution in [3.05, 3.63) is 25.3 Å². The number of carbonyl (C=O) groups excluding carboxylic acids is 3. The highest BCUT2D eigenvalue weighted by Gasteiger charge is 2.78. The van der Waals surface area contributed by atoms with Gasteiger partial charge >= 0.3 is 0 Å². The topological polar surface area (TPSA) is 90.4 Å². The minimum atomic E-state index is -1.00. The zero-order valence-electron chi connectivity index (χ0n) is 23.8. The molecule has 0 aromatic heterocycles. The second-order valence-corrected chi connectivity index (χ2v) is 11.4. The second kappa shape index (κ2) is 13.2. The minimum Gasteiger partial charge on any atom is -0.396 e. The van der Waals surface area contributed by atoms with E-state index in [2.05, 4.69) is 20.1 Å². The molecule has 3 aliphatic heterocycles. The zero-order valence-corrected chi connectivity index (χ0v) is 23.8. The van der Waals surface area contributed by atoms with Crippen molar-refractivity contribution in [2.24, 2.45) is 11.8 Å². The van der Waals surface area contributed by atoms with E-state index in [1.807, 2.05) is 18.7 Å². The van der Waals surface area contributed by atoms with E-state index >= 15 is 0 Å². The van der Waals surface area contributed by atoms with E-state index < -0.39 is 29.1 Å². The number of rotatable bonds is 17. The summed E-state index contributed by atoms with van der Waals surface area (Å²) in [6.07, 6.45) is 10.5. The summed E-state index contributed by atoms with van der Waals surface area (Å²) >= 11 is 0. The molecule has 0 aromatic carbocycles. The fraction of sp³-hybridized carbons (Fsp3) is 0.767. The number of amides is 3. The van der Waals surface area contributed by atoms with Gasteiger partial charge in [-0.3, -0.25) is 14.4 Å². The van der Waals surface area contributed by atoms with E-state index in [4.69, 9.17) is 4.74 Å². The highest BCUT2D eigenvalue weighted by molar-refractivity contribution is 5.99. The first-order valence-electron chi connectivity index (χ1n) is 14.7. The molecule has 1 spiro atoms. The molecule has 8 nitrogen and oxygen atoms in total. The molecule has 0 saturated carbocycles. The molecule has 3 saturated heterocycles. The van der Waals surface area contributed by atoms with Gasteiger partial charge in [-0.2, -0.15) is 0 Å². The van der Waals surface area contributed by atoms with Crippen molar-refractivity contribution < 1.29 is 24.2 Å². The van der Waals surface area contributed by atoms with Crippen LogP contribution in [0.15, 0.2) is 25.3 Å². The van der Waals surface area contributed by atoms with E-state index in [0.29, 0.717) is 58.4 Å². The van der Waals surface area contributed by atoms with Gasteiger partial charge in [-0.15, -0.1) is 13.2 Å². The van der Waals surface area contributed by atoms with Crippen LogP contribution >= 0.6 is 0 Å². The molecule has 0 aliphatic carbocycles. The van der Waals surface area contributed by atoms with Gasteiger partial charge in [-0.25, -0.2) is 0 Å². The van der Waals surface area contributed by atoms with E-state index in [1.165, 1.54) is 0 Å². The van der Waals surface area contributed by atoms with Gasteiger partial charge in [0.1, 0.15) is 11.6 Å². The third-order valence-electron chi connectivity index (χ3n) is 8.68. The predicted octanol–water partition coefficient (Wildman–Crippen LogP) is 3.54. The molecule has 38 heavy (non-hydrogen) atoms. The van der Waals surface area contributed by atoms with E-state index in [-0.39, 0.29) is 24.3 Å². The van der Waals surface area contributed by atoms with Crippen LogP contribution in [-0.4, -0.2) is 94.1 Å². The van der Waals surface area contributed by atoms with Gasteiger partial charge in [0, 0.05) is 39.3 Å². The van der Waals surface area contributed by atoms with Crippen molar-refractivity contribution in [2.45, 2.75) is 95.8 Å². The Morgan fingerprint density at radius 3 is 2.29 bits per heavy atom. The average molecular weight is 532 g/mol. The Morgan fingerprint density at radius 1 is 1.00 bits per heavy atom. The van der Waals surface area contributed by atoms with Crippen molar-refractivity contribution in [3.8, 4) is 0 Å². The summed E-state index contributed by atoms with van der Waals surface area (Å²) in [4.78, 5) is 47.8. The van der Waals surface area contributed by atoms with Gasteiger partial charge in [-0.05, 0) is 51.9 Å². The Morgan fingerprint density at radius 2 is 1.68 bits per heavy atom. The summed E-state index contributed by atoms with van der Waals surface area (Å²) in [6, 6.07) is -0.755. The summed E-state index contributed by atoms with van der Waals surface area (Å²) < 4.78 is 6.78. The maximum absolute atomic E-state index is 14.3. The van der Waals surface area contributed by atoms with E-state index in [0.717, 1.165) is 32.1 Å². The van der Waals surface area contributed by atoms with Crippen LogP contribution < -0.4 is 0 Å². The molecule has 2 unspecified atom stereocenters. The standard InChI is InChI=1S/C30H49N3O5/c1-6-10-12-20-32(19-9-4)28(37)25-30-16-15-29(5,38-30)23(26(35)31(17-7-2)18-8-3)24(30)27(36)33(25)21-13-11-14-22-34/h7,9,23-25,34H,2,4,6,8,10-22H2,1,3,5H3/t23-,24-,25?,29+,30?/m0/s1. The first kappa shape index (κ1) is 30.4. The van der Waals surface area contributed by atoms with Gasteiger partial charge in [0.15, 0.2) is 0 Å². The molecule has 214 valence electrons. The highest BCUT2D eigenvalue weighted by Crippen LogP contribution is 2.63. The van der Waals surface area contributed by atoms with Crippen molar-refractivity contribution >= 4 is 17.7 Å². The summed E-state index contributed by atoms with van der Waals surface area (Å²) in [5.41, 5.74) is -1.78. The number of fused-ring (bicyclic) bond motifs is 1. The minimum absolute atomic E-state index is 0.0756. The first-order valence-corrected chi connectivity index (χ1v) is 14.7. The number of unbranched alkanes of at least 4 members (excludes halogenated alkanes) is 4. The predicted molar refractivity (Wildman–Crippen MR) is 148 cm³/mol. The van der Waals surface area contributed by atoms with Crippen LogP contribution in [-0.2, 0) is 19.1 Å². The van der Waals surface area contributed by atoms with Crippen LogP contribution in [0.5, 0.6) is 0 Å². The van der Waals surface area contributed by atoms with Crippen LogP contribution in [0.3, 0.4) is 0 Å². The molecule has 1 N–H and O–H groups in total. The lowest BCUT2D eigenvalue weighted by atomic mass is 9.66. The third kappa shape index (κ3) is 5.57. The molecule has 3 fully saturated rings. The number of aliphatic hydroxyl groups excluding tert-OH is 1. The average Bonchev–Trinajstić information content (AvgIpc) is 3.46. The maximum Gasteiger partial charge on any atom is 0.248 e. The number of hydrogen-bond donors (Lipinski definition) is 1. The quantitative estimate of drug-likeness (QED) is 0.229. The molecule has 0 radical (unpaired) electrons. The fourth-order valence-electron chi connectivity index (χ4n) is 6.98. The molecule has 0 aromatic rings. The Balaban J connectivity index is 2.01. The van der Waals surface area contributed by atoms with Crippen LogP contribution in [0.4, 0.5) is 0 Å². The van der Waals surface area contributed by atoms with Crippen LogP contribution in [0.1, 0.15) is 78.6 Å². The number of carbonyl (C=O) groups is 3. The number of ether oxygens (including phenoxy) is 1. The normalized spacial score (nSPS) is 29.4. The molecule has 3 amide bonds. The smallest absolute Gasteiger partial charge is 0.248 e. The van der Waals surface area contributed by atoms with Gasteiger partial charge < -0.3 is 24.5 Å². The Kier molecular flexibility index (Phi) is 10.6. The van der Waals surface area contributed by atoms with Crippen LogP contribution in [0.2, 0.25) is 0 Å². The van der Waals surface area contributed by atoms with E-state index in [1.54, 1.807) is 22.0 Å². The van der Waals surface area contributed by atoms with Gasteiger partial charge in [0.2, 0.25) is 17.7 Å². The van der Waals surface area contributed by atoms with Crippen molar-refractivity contribution in [1.29, 1.82) is 0 Å². The largest absolute Gasteiger partial charge is 0.396 e. The number of nitrogens with zero attached hydrogens (tertiary/aromatic N) is 3. The summed E-state index contributed by atoms with van der Waals surface area (Å²) in [5.74, 6) is -1.62. The number of aliphatic hydroxyl groups is 1. The van der Waals surface area contributed by atoms with Crippen molar-refractivity contribution in [2.75, 3.05) is 39.3 Å². The van der Waals surface area contributed by atoms with Gasteiger partial charge in [-0.1, -0.05) is 38.8 Å². The van der Waals surface area contributed by atoms with Gasteiger partial charge in [0.05, 0.1) is 17.4 Å². The van der Waals surface area contributed by atoms with Crippen molar-refractivity contribution in [1.82, 2.24) is 14.7 Å². The molecule has 3 heterocycles. The van der Waals surface area contributed by atoms with Gasteiger partial charge in [0.25, 0.3) is 0 Å². The number of hydrogen-bond acceptors (Lipinski definition) is 5. The fourth-order valence-corrected chi connectivity index (χ4v) is 6.98. The number of likely N-dealkylation sites (tertiary alicyclic amines) is 1. The van der Waals surface area contributed by atoms with E-state index in [9.17, 15) is 19.5 Å². The summed E-state index contributed by atoms with van der Waals surface area (Å²) in [7, 11) is 0. The lowest BCUT2D eigenvalue weighted by molar-refractivity contribution is -0.153. The summed E-state index contributed by atoms with van der Waals surface area (Å²) in [6.45, 7) is 16.3. The SMILES string of the molecule is C=CCN(CCCCC)C(=O)C1N(CCCCCO)C(=O)[C@@H]2[C@@H](C(=O)N(CC=C)CCC)[C@@]3(C)CCC12O3. The van der Waals surface area contributed by atoms with Crippen molar-refractivity contribution in [3.63, 3.8) is 0 Å². The molecular weight excluding hydrogens is 482 g/mol. The lowest BCUT2D eigenvalue weighted by Crippen LogP contribution is -2.56. The third-order valence-corrected chi connectivity index (χ3v) is 8.68. The molecule has 2 bridgehead atoms. The first-order chi connectivity index (χ1) is 18.3. The second-order valence-electron chi connectivity index (χ2n) is 11.4. The Labute approximate surface area is 229 Å². The Bertz CT molecular complexity index is 878. The molecule has 3 aliphatic rings. The zero-order chi connectivity index (χ0) is 27.9. The molecule has 3 rings (SSSR count). The lowest BCUT2D eigenvalue weighted by Gasteiger charge is -2.37. The summed E-state index contributed by atoms with van der Waals surface area (Å²) in [5, 5.41) is 9.24. The maximum atomic E-state index is 14.3. The Hall–Kier alpha value is -2.19. The monoisotopic (exact) mass is 531 g/mol. The highest BCUT2D eigenvalue weighted by atomic mass is 16.5. The van der Waals surface area contributed by atoms with Crippen LogP contribution in [0, 0.1) is 11.8 Å². The molecular formula is C30H49N3O5. The molecule has 8 heteroatoms. The molecule has 5 atom stereocenters. The van der Waals surface area contributed by atoms with Crippen LogP contribution in [0.25, 0.3) is 0 Å².